The highest BCUT2D eigenvalue weighted by Crippen LogP contribution is 2.23. The van der Waals surface area contributed by atoms with E-state index in [-0.39, 0.29) is 17.2 Å². The molecule has 0 aliphatic carbocycles. The van der Waals surface area contributed by atoms with E-state index >= 15 is 0 Å². The molecule has 4 heteroatoms. The van der Waals surface area contributed by atoms with Gasteiger partial charge in [0.25, 0.3) is 5.91 Å². The van der Waals surface area contributed by atoms with E-state index in [1.165, 1.54) is 24.5 Å². The lowest BCUT2D eigenvalue weighted by molar-refractivity contribution is 0.102. The Balaban J connectivity index is 2.05. The molecule has 2 rings (SSSR count). The predicted octanol–water partition coefficient (Wildman–Crippen LogP) is 4.75. The Labute approximate surface area is 133 Å². The van der Waals surface area contributed by atoms with Crippen molar-refractivity contribution in [2.75, 3.05) is 5.32 Å². The molecule has 2 aromatic rings. The summed E-state index contributed by atoms with van der Waals surface area (Å²) in [5.41, 5.74) is 2.25. The first-order valence-electron chi connectivity index (χ1n) is 6.99. The van der Waals surface area contributed by atoms with Crippen LogP contribution >= 0.6 is 15.9 Å². The average molecular weight is 348 g/mol. The zero-order valence-corrected chi connectivity index (χ0v) is 13.5. The second-order valence-corrected chi connectivity index (χ2v) is 5.83. The van der Waals surface area contributed by atoms with Gasteiger partial charge in [-0.15, -0.1) is 0 Å². The fourth-order valence-electron chi connectivity index (χ4n) is 2.03. The van der Waals surface area contributed by atoms with Crippen molar-refractivity contribution in [3.63, 3.8) is 0 Å². The number of aromatic hydroxyl groups is 1. The van der Waals surface area contributed by atoms with Gasteiger partial charge in [0.1, 0.15) is 5.75 Å². The quantitative estimate of drug-likeness (QED) is 0.819. The van der Waals surface area contributed by atoms with Gasteiger partial charge >= 0.3 is 0 Å². The van der Waals surface area contributed by atoms with Gasteiger partial charge < -0.3 is 10.4 Å². The molecular formula is C17H18BrNO2. The lowest BCUT2D eigenvalue weighted by Gasteiger charge is -2.08. The number of hydrogen-bond acceptors (Lipinski definition) is 2. The van der Waals surface area contributed by atoms with Crippen LogP contribution in [0.25, 0.3) is 0 Å². The lowest BCUT2D eigenvalue weighted by Crippen LogP contribution is -2.12. The van der Waals surface area contributed by atoms with Gasteiger partial charge in [-0.25, -0.2) is 0 Å². The first-order valence-corrected chi connectivity index (χ1v) is 7.78. The maximum Gasteiger partial charge on any atom is 0.259 e. The lowest BCUT2D eigenvalue weighted by atomic mass is 10.1. The zero-order valence-electron chi connectivity index (χ0n) is 11.9. The summed E-state index contributed by atoms with van der Waals surface area (Å²) in [6.07, 6.45) is 3.39. The minimum Gasteiger partial charge on any atom is -0.507 e. The highest BCUT2D eigenvalue weighted by Gasteiger charge is 2.11. The number of carbonyl (C=O) groups excluding carboxylic acids is 1. The van der Waals surface area contributed by atoms with Gasteiger partial charge in [0.05, 0.1) is 5.56 Å². The van der Waals surface area contributed by atoms with Gasteiger partial charge in [0.15, 0.2) is 0 Å². The highest BCUT2D eigenvalue weighted by atomic mass is 79.9. The van der Waals surface area contributed by atoms with Gasteiger partial charge in [0.2, 0.25) is 0 Å². The molecule has 0 aliphatic rings. The summed E-state index contributed by atoms with van der Waals surface area (Å²) in [6, 6.07) is 12.6. The molecule has 3 nitrogen and oxygen atoms in total. The van der Waals surface area contributed by atoms with Crippen LogP contribution in [0.5, 0.6) is 5.75 Å². The van der Waals surface area contributed by atoms with Crippen molar-refractivity contribution in [3.05, 3.63) is 58.1 Å². The maximum absolute atomic E-state index is 12.1. The second kappa shape index (κ2) is 7.27. The van der Waals surface area contributed by atoms with Crippen molar-refractivity contribution in [3.8, 4) is 5.75 Å². The predicted molar refractivity (Wildman–Crippen MR) is 88.8 cm³/mol. The number of anilines is 1. The smallest absolute Gasteiger partial charge is 0.259 e. The molecule has 0 unspecified atom stereocenters. The number of nitrogens with one attached hydrogen (secondary N) is 1. The molecule has 0 fully saturated rings. The summed E-state index contributed by atoms with van der Waals surface area (Å²) in [6.45, 7) is 2.17. The Morgan fingerprint density at radius 2 is 1.90 bits per heavy atom. The molecule has 0 heterocycles. The van der Waals surface area contributed by atoms with Crippen molar-refractivity contribution in [2.24, 2.45) is 0 Å². The number of carbonyl (C=O) groups is 1. The number of hydrogen-bond donors (Lipinski definition) is 2. The third-order valence-electron chi connectivity index (χ3n) is 3.24. The molecule has 0 saturated heterocycles. The Morgan fingerprint density at radius 3 is 2.52 bits per heavy atom. The number of phenols is 1. The molecule has 0 atom stereocenters. The van der Waals surface area contributed by atoms with E-state index in [1.54, 1.807) is 12.1 Å². The van der Waals surface area contributed by atoms with E-state index in [0.717, 1.165) is 16.6 Å². The Bertz CT molecular complexity index is 623. The van der Waals surface area contributed by atoms with E-state index < -0.39 is 0 Å². The number of benzene rings is 2. The van der Waals surface area contributed by atoms with Crippen molar-refractivity contribution in [1.82, 2.24) is 0 Å². The van der Waals surface area contributed by atoms with E-state index in [2.05, 4.69) is 28.2 Å². The normalized spacial score (nSPS) is 10.4. The summed E-state index contributed by atoms with van der Waals surface area (Å²) < 4.78 is 0.733. The Hall–Kier alpha value is -1.81. The van der Waals surface area contributed by atoms with Gasteiger partial charge in [-0.3, -0.25) is 4.79 Å². The van der Waals surface area contributed by atoms with Crippen molar-refractivity contribution < 1.29 is 9.90 Å². The van der Waals surface area contributed by atoms with Crippen molar-refractivity contribution in [1.29, 1.82) is 0 Å². The maximum atomic E-state index is 12.1. The minimum absolute atomic E-state index is 0.0403. The molecule has 1 amide bonds. The summed E-state index contributed by atoms with van der Waals surface area (Å²) in [5.74, 6) is -0.359. The number of phenolic OH excluding ortho intramolecular Hbond substituents is 1. The molecule has 2 N–H and O–H groups in total. The van der Waals surface area contributed by atoms with E-state index in [4.69, 9.17) is 0 Å². The summed E-state index contributed by atoms with van der Waals surface area (Å²) in [7, 11) is 0. The molecule has 0 spiro atoms. The number of amides is 1. The molecule has 2 aromatic carbocycles. The van der Waals surface area contributed by atoms with E-state index in [0.29, 0.717) is 0 Å². The first-order chi connectivity index (χ1) is 10.1. The third-order valence-corrected chi connectivity index (χ3v) is 3.73. The van der Waals surface area contributed by atoms with Crippen LogP contribution in [0, 0.1) is 0 Å². The monoisotopic (exact) mass is 347 g/mol. The standard InChI is InChI=1S/C17H18BrNO2/c1-2-3-4-12-5-8-14(9-6-12)19-17(21)15-10-7-13(18)11-16(15)20/h5-11,20H,2-4H2,1H3,(H,19,21). The minimum atomic E-state index is -0.318. The van der Waals surface area contributed by atoms with Crippen LogP contribution in [0.4, 0.5) is 5.69 Å². The van der Waals surface area contributed by atoms with Gasteiger partial charge in [0, 0.05) is 10.2 Å². The van der Waals surface area contributed by atoms with Crippen LogP contribution in [0.1, 0.15) is 35.7 Å². The molecule has 0 bridgehead atoms. The van der Waals surface area contributed by atoms with Crippen LogP contribution in [0.2, 0.25) is 0 Å². The molecule has 0 aliphatic heterocycles. The second-order valence-electron chi connectivity index (χ2n) is 4.92. The van der Waals surface area contributed by atoms with E-state index in [9.17, 15) is 9.90 Å². The number of aryl methyl sites for hydroxylation is 1. The number of rotatable bonds is 5. The van der Waals surface area contributed by atoms with Crippen molar-refractivity contribution in [2.45, 2.75) is 26.2 Å². The van der Waals surface area contributed by atoms with Gasteiger partial charge in [-0.2, -0.15) is 0 Å². The fourth-order valence-corrected chi connectivity index (χ4v) is 2.38. The molecule has 0 aromatic heterocycles. The summed E-state index contributed by atoms with van der Waals surface area (Å²) in [5, 5.41) is 12.6. The Morgan fingerprint density at radius 1 is 1.19 bits per heavy atom. The molecule has 0 saturated carbocycles. The van der Waals surface area contributed by atoms with Gasteiger partial charge in [-0.05, 0) is 48.7 Å². The summed E-state index contributed by atoms with van der Waals surface area (Å²) >= 11 is 3.25. The van der Waals surface area contributed by atoms with Crippen LogP contribution < -0.4 is 5.32 Å². The Kier molecular flexibility index (Phi) is 5.39. The van der Waals surface area contributed by atoms with Crippen LogP contribution in [-0.2, 0) is 6.42 Å². The fraction of sp³-hybridized carbons (Fsp3) is 0.235. The first kappa shape index (κ1) is 15.6. The topological polar surface area (TPSA) is 49.3 Å². The SMILES string of the molecule is CCCCc1ccc(NC(=O)c2ccc(Br)cc2O)cc1. The zero-order chi connectivity index (χ0) is 15.2. The van der Waals surface area contributed by atoms with Crippen LogP contribution in [0.3, 0.4) is 0 Å². The highest BCUT2D eigenvalue weighted by molar-refractivity contribution is 9.10. The average Bonchev–Trinajstić information content (AvgIpc) is 2.46. The van der Waals surface area contributed by atoms with Crippen LogP contribution in [-0.4, -0.2) is 11.0 Å². The molecule has 110 valence electrons. The van der Waals surface area contributed by atoms with E-state index in [1.807, 2.05) is 24.3 Å². The van der Waals surface area contributed by atoms with Crippen molar-refractivity contribution >= 4 is 27.5 Å². The molecule has 21 heavy (non-hydrogen) atoms. The largest absolute Gasteiger partial charge is 0.507 e. The third kappa shape index (κ3) is 4.33. The van der Waals surface area contributed by atoms with Crippen LogP contribution in [0.15, 0.2) is 46.9 Å². The molecular weight excluding hydrogens is 330 g/mol. The number of unbranched alkanes of at least 4 members (excludes halogenated alkanes) is 1. The summed E-state index contributed by atoms with van der Waals surface area (Å²) in [4.78, 5) is 12.1. The van der Waals surface area contributed by atoms with Gasteiger partial charge in [-0.1, -0.05) is 41.4 Å². The molecule has 0 radical (unpaired) electrons. The number of halogens is 1.